The van der Waals surface area contributed by atoms with Gasteiger partial charge in [0.1, 0.15) is 6.29 Å². The highest BCUT2D eigenvalue weighted by molar-refractivity contribution is 7.82. The third kappa shape index (κ3) is 2.70. The second-order valence-electron chi connectivity index (χ2n) is 3.14. The fraction of sp³-hybridized carbons (Fsp3) is 0.300. The van der Waals surface area contributed by atoms with E-state index < -0.39 is 4.75 Å². The molecule has 12 heavy (non-hydrogen) atoms. The molecule has 64 valence electrons. The van der Waals surface area contributed by atoms with Crippen molar-refractivity contribution < 1.29 is 4.79 Å². The lowest BCUT2D eigenvalue weighted by atomic mass is 10.0. The zero-order valence-electron chi connectivity index (χ0n) is 7.03. The maximum absolute atomic E-state index is 10.6. The van der Waals surface area contributed by atoms with Gasteiger partial charge in [0.2, 0.25) is 0 Å². The van der Waals surface area contributed by atoms with Crippen LogP contribution in [0.2, 0.25) is 0 Å². The Bertz CT molecular complexity index is 254. The van der Waals surface area contributed by atoms with Crippen molar-refractivity contribution in [2.75, 3.05) is 0 Å². The average Bonchev–Trinajstić information content (AvgIpc) is 2.06. The molecule has 0 bridgehead atoms. The quantitative estimate of drug-likeness (QED) is 0.557. The van der Waals surface area contributed by atoms with Crippen LogP contribution in [-0.4, -0.2) is 11.0 Å². The number of carbonyl (C=O) groups is 1. The molecule has 0 spiro atoms. The number of carbonyl (C=O) groups excluding carboxylic acids is 1. The number of benzene rings is 1. The van der Waals surface area contributed by atoms with Crippen molar-refractivity contribution in [1.29, 1.82) is 0 Å². The summed E-state index contributed by atoms with van der Waals surface area (Å²) in [6, 6.07) is 9.88. The Labute approximate surface area is 78.2 Å². The summed E-state index contributed by atoms with van der Waals surface area (Å²) < 4.78 is -0.540. The smallest absolute Gasteiger partial charge is 0.135 e. The SMILES string of the molecule is CC(S)(C=O)Cc1ccccc1. The predicted octanol–water partition coefficient (Wildman–Crippen LogP) is 2.12. The minimum Gasteiger partial charge on any atom is -0.302 e. The molecule has 1 rings (SSSR count). The van der Waals surface area contributed by atoms with Gasteiger partial charge in [-0.3, -0.25) is 0 Å². The summed E-state index contributed by atoms with van der Waals surface area (Å²) in [6.07, 6.45) is 1.56. The van der Waals surface area contributed by atoms with E-state index >= 15 is 0 Å². The third-order valence-electron chi connectivity index (χ3n) is 1.66. The van der Waals surface area contributed by atoms with Gasteiger partial charge in [-0.25, -0.2) is 0 Å². The number of hydrogen-bond acceptors (Lipinski definition) is 2. The fourth-order valence-corrected chi connectivity index (χ4v) is 1.23. The summed E-state index contributed by atoms with van der Waals surface area (Å²) in [5, 5.41) is 0. The zero-order valence-corrected chi connectivity index (χ0v) is 7.92. The van der Waals surface area contributed by atoms with Crippen LogP contribution in [0.3, 0.4) is 0 Å². The fourth-order valence-electron chi connectivity index (χ4n) is 1.05. The van der Waals surface area contributed by atoms with E-state index in [1.807, 2.05) is 37.3 Å². The van der Waals surface area contributed by atoms with E-state index in [2.05, 4.69) is 12.6 Å². The second kappa shape index (κ2) is 3.76. The molecule has 1 atom stereocenters. The first-order valence-corrected chi connectivity index (χ1v) is 4.31. The van der Waals surface area contributed by atoms with Crippen LogP contribution >= 0.6 is 12.6 Å². The Kier molecular flexibility index (Phi) is 2.93. The second-order valence-corrected chi connectivity index (χ2v) is 4.16. The van der Waals surface area contributed by atoms with E-state index in [1.165, 1.54) is 0 Å². The average molecular weight is 180 g/mol. The largest absolute Gasteiger partial charge is 0.302 e. The molecule has 0 saturated heterocycles. The molecular formula is C10H12OS. The molecular weight excluding hydrogens is 168 g/mol. The Morgan fingerprint density at radius 1 is 1.42 bits per heavy atom. The lowest BCUT2D eigenvalue weighted by molar-refractivity contribution is -0.109. The Morgan fingerprint density at radius 2 is 2.00 bits per heavy atom. The first-order chi connectivity index (χ1) is 5.64. The van der Waals surface area contributed by atoms with Crippen LogP contribution in [0.1, 0.15) is 12.5 Å². The highest BCUT2D eigenvalue weighted by Crippen LogP contribution is 2.16. The van der Waals surface area contributed by atoms with Crippen LogP contribution in [0.25, 0.3) is 0 Å². The van der Waals surface area contributed by atoms with Gasteiger partial charge in [-0.05, 0) is 18.9 Å². The third-order valence-corrected chi connectivity index (χ3v) is 1.92. The molecule has 1 aromatic carbocycles. The van der Waals surface area contributed by atoms with Crippen molar-refractivity contribution in [3.05, 3.63) is 35.9 Å². The molecule has 1 unspecified atom stereocenters. The van der Waals surface area contributed by atoms with Gasteiger partial charge >= 0.3 is 0 Å². The van der Waals surface area contributed by atoms with Crippen LogP contribution in [0, 0.1) is 0 Å². The van der Waals surface area contributed by atoms with Crippen molar-refractivity contribution in [2.24, 2.45) is 0 Å². The summed E-state index contributed by atoms with van der Waals surface area (Å²) in [5.41, 5.74) is 1.14. The van der Waals surface area contributed by atoms with Crippen molar-refractivity contribution >= 4 is 18.9 Å². The lowest BCUT2D eigenvalue weighted by Crippen LogP contribution is -2.21. The molecule has 0 aliphatic rings. The Hall–Kier alpha value is -0.760. The van der Waals surface area contributed by atoms with Gasteiger partial charge in [-0.2, -0.15) is 12.6 Å². The first kappa shape index (κ1) is 9.33. The molecule has 0 aliphatic carbocycles. The maximum atomic E-state index is 10.6. The molecule has 0 saturated carbocycles. The minimum atomic E-state index is -0.540. The number of hydrogen-bond donors (Lipinski definition) is 1. The van der Waals surface area contributed by atoms with Crippen molar-refractivity contribution in [1.82, 2.24) is 0 Å². The van der Waals surface area contributed by atoms with Gasteiger partial charge in [0.25, 0.3) is 0 Å². The van der Waals surface area contributed by atoms with Gasteiger partial charge in [-0.15, -0.1) is 0 Å². The standard InChI is InChI=1S/C10H12OS/c1-10(12,8-11)7-9-5-3-2-4-6-9/h2-6,8,12H,7H2,1H3. The zero-order chi connectivity index (χ0) is 9.03. The van der Waals surface area contributed by atoms with E-state index in [9.17, 15) is 4.79 Å². The molecule has 0 heterocycles. The van der Waals surface area contributed by atoms with Crippen molar-refractivity contribution in [3.63, 3.8) is 0 Å². The van der Waals surface area contributed by atoms with Gasteiger partial charge in [-0.1, -0.05) is 30.3 Å². The predicted molar refractivity (Wildman–Crippen MR) is 53.6 cm³/mol. The van der Waals surface area contributed by atoms with Gasteiger partial charge in [0, 0.05) is 0 Å². The molecule has 0 amide bonds. The molecule has 1 aromatic rings. The van der Waals surface area contributed by atoms with Crippen molar-refractivity contribution in [3.8, 4) is 0 Å². The topological polar surface area (TPSA) is 17.1 Å². The lowest BCUT2D eigenvalue weighted by Gasteiger charge is -2.14. The number of rotatable bonds is 3. The maximum Gasteiger partial charge on any atom is 0.135 e. The van der Waals surface area contributed by atoms with E-state index in [0.717, 1.165) is 11.8 Å². The normalized spacial score (nSPS) is 15.2. The van der Waals surface area contributed by atoms with Gasteiger partial charge in [0.15, 0.2) is 0 Å². The van der Waals surface area contributed by atoms with Crippen LogP contribution in [0.5, 0.6) is 0 Å². The Morgan fingerprint density at radius 3 is 2.50 bits per heavy atom. The van der Waals surface area contributed by atoms with E-state index in [4.69, 9.17) is 0 Å². The molecule has 0 aromatic heterocycles. The molecule has 0 N–H and O–H groups in total. The summed E-state index contributed by atoms with van der Waals surface area (Å²) in [4.78, 5) is 10.6. The van der Waals surface area contributed by atoms with Crippen LogP contribution < -0.4 is 0 Å². The van der Waals surface area contributed by atoms with Crippen LogP contribution in [-0.2, 0) is 11.2 Å². The van der Waals surface area contributed by atoms with Crippen LogP contribution in [0.15, 0.2) is 30.3 Å². The van der Waals surface area contributed by atoms with E-state index in [1.54, 1.807) is 0 Å². The summed E-state index contributed by atoms with van der Waals surface area (Å²) in [6.45, 7) is 1.82. The molecule has 2 heteroatoms. The van der Waals surface area contributed by atoms with Crippen LogP contribution in [0.4, 0.5) is 0 Å². The first-order valence-electron chi connectivity index (χ1n) is 3.87. The number of thiol groups is 1. The summed E-state index contributed by atoms with van der Waals surface area (Å²) >= 11 is 4.23. The summed E-state index contributed by atoms with van der Waals surface area (Å²) in [5.74, 6) is 0. The summed E-state index contributed by atoms with van der Waals surface area (Å²) in [7, 11) is 0. The highest BCUT2D eigenvalue weighted by atomic mass is 32.1. The van der Waals surface area contributed by atoms with Gasteiger partial charge < -0.3 is 4.79 Å². The minimum absolute atomic E-state index is 0.540. The molecule has 0 aliphatic heterocycles. The molecule has 1 nitrogen and oxygen atoms in total. The molecule has 0 fully saturated rings. The Balaban J connectivity index is 2.70. The number of aldehydes is 1. The highest BCUT2D eigenvalue weighted by Gasteiger charge is 2.17. The monoisotopic (exact) mass is 180 g/mol. The van der Waals surface area contributed by atoms with Gasteiger partial charge in [0.05, 0.1) is 4.75 Å². The van der Waals surface area contributed by atoms with Crippen molar-refractivity contribution in [2.45, 2.75) is 18.1 Å². The van der Waals surface area contributed by atoms with E-state index in [-0.39, 0.29) is 0 Å². The molecule has 0 radical (unpaired) electrons. The van der Waals surface area contributed by atoms with E-state index in [0.29, 0.717) is 6.42 Å².